The Kier molecular flexibility index (Phi) is 6.38. The van der Waals surface area contributed by atoms with E-state index in [0.717, 1.165) is 43.0 Å². The lowest BCUT2D eigenvalue weighted by Gasteiger charge is -2.31. The van der Waals surface area contributed by atoms with E-state index < -0.39 is 0 Å². The van der Waals surface area contributed by atoms with Crippen molar-refractivity contribution in [1.82, 2.24) is 20.2 Å². The molecule has 0 unspecified atom stereocenters. The average Bonchev–Trinajstić information content (AvgIpc) is 3.26. The van der Waals surface area contributed by atoms with Crippen LogP contribution in [-0.2, 0) is 4.74 Å². The third-order valence-corrected chi connectivity index (χ3v) is 5.97. The molecule has 0 radical (unpaired) electrons. The largest absolute Gasteiger partial charge is 0.374 e. The second-order valence-electron chi connectivity index (χ2n) is 7.87. The summed E-state index contributed by atoms with van der Waals surface area (Å²) >= 11 is 0. The van der Waals surface area contributed by atoms with E-state index in [1.165, 1.54) is 12.1 Å². The topological polar surface area (TPSA) is 67.3 Å². The highest BCUT2D eigenvalue weighted by molar-refractivity contribution is 5.74. The van der Waals surface area contributed by atoms with Gasteiger partial charge in [0.1, 0.15) is 11.6 Å². The number of ether oxygens (including phenoxy) is 1. The molecular weight excluding hydrogens is 383 g/mol. The minimum Gasteiger partial charge on any atom is -0.374 e. The summed E-state index contributed by atoms with van der Waals surface area (Å²) in [4.78, 5) is 23.6. The lowest BCUT2D eigenvalue weighted by atomic mass is 9.96. The van der Waals surface area contributed by atoms with Crippen molar-refractivity contribution in [2.24, 2.45) is 5.92 Å². The lowest BCUT2D eigenvalue weighted by Crippen LogP contribution is -2.46. The fourth-order valence-corrected chi connectivity index (χ4v) is 4.16. The monoisotopic (exact) mass is 410 g/mol. The molecule has 4 rings (SSSR count). The predicted molar refractivity (Wildman–Crippen MR) is 112 cm³/mol. The first-order chi connectivity index (χ1) is 14.6. The van der Waals surface area contributed by atoms with Crippen LogP contribution in [0.15, 0.2) is 49.2 Å². The maximum absolute atomic E-state index is 13.2. The van der Waals surface area contributed by atoms with Gasteiger partial charge in [-0.2, -0.15) is 0 Å². The summed E-state index contributed by atoms with van der Waals surface area (Å²) in [5.74, 6) is 1.03. The SMILES string of the molecule is C=C[C@@H]1OCC[C@H]1CNC(=O)N1CCC(c2nccc(-c3ccc(F)cc3)n2)CC1. The molecule has 0 bridgehead atoms. The molecular formula is C23H27FN4O2. The van der Waals surface area contributed by atoms with Gasteiger partial charge in [-0.15, -0.1) is 6.58 Å². The molecule has 2 aliphatic rings. The van der Waals surface area contributed by atoms with E-state index in [1.54, 1.807) is 18.3 Å². The molecule has 2 atom stereocenters. The molecule has 2 amide bonds. The van der Waals surface area contributed by atoms with Crippen molar-refractivity contribution in [2.45, 2.75) is 31.3 Å². The van der Waals surface area contributed by atoms with Crippen LogP contribution in [0.25, 0.3) is 11.3 Å². The maximum Gasteiger partial charge on any atom is 0.317 e. The number of benzene rings is 1. The van der Waals surface area contributed by atoms with Gasteiger partial charge in [-0.05, 0) is 49.6 Å². The molecule has 1 aromatic carbocycles. The predicted octanol–water partition coefficient (Wildman–Crippen LogP) is 3.76. The van der Waals surface area contributed by atoms with Crippen molar-refractivity contribution in [3.05, 3.63) is 60.8 Å². The number of amides is 2. The van der Waals surface area contributed by atoms with Gasteiger partial charge in [0.05, 0.1) is 11.8 Å². The van der Waals surface area contributed by atoms with E-state index in [0.29, 0.717) is 25.6 Å². The Morgan fingerprint density at radius 1 is 1.23 bits per heavy atom. The molecule has 1 N–H and O–H groups in total. The van der Waals surface area contributed by atoms with Crippen LogP contribution < -0.4 is 5.32 Å². The molecule has 2 aliphatic heterocycles. The number of rotatable bonds is 5. The van der Waals surface area contributed by atoms with Crippen molar-refractivity contribution < 1.29 is 13.9 Å². The molecule has 1 aromatic heterocycles. The van der Waals surface area contributed by atoms with Crippen LogP contribution in [-0.4, -0.2) is 53.2 Å². The normalized spacial score (nSPS) is 22.1. The summed E-state index contributed by atoms with van der Waals surface area (Å²) in [6, 6.07) is 8.13. The summed E-state index contributed by atoms with van der Waals surface area (Å²) < 4.78 is 18.8. The molecule has 7 heteroatoms. The zero-order chi connectivity index (χ0) is 20.9. The number of nitrogens with zero attached hydrogens (tertiary/aromatic N) is 3. The Labute approximate surface area is 176 Å². The minimum atomic E-state index is -0.265. The zero-order valence-corrected chi connectivity index (χ0v) is 17.0. The number of urea groups is 1. The van der Waals surface area contributed by atoms with Crippen LogP contribution >= 0.6 is 0 Å². The highest BCUT2D eigenvalue weighted by atomic mass is 19.1. The molecule has 158 valence electrons. The van der Waals surface area contributed by atoms with Gasteiger partial charge in [0.25, 0.3) is 0 Å². The van der Waals surface area contributed by atoms with Crippen molar-refractivity contribution in [1.29, 1.82) is 0 Å². The smallest absolute Gasteiger partial charge is 0.317 e. The second kappa shape index (κ2) is 9.34. The van der Waals surface area contributed by atoms with Crippen LogP contribution in [0.4, 0.5) is 9.18 Å². The van der Waals surface area contributed by atoms with Crippen LogP contribution in [0.3, 0.4) is 0 Å². The Hall–Kier alpha value is -2.80. The second-order valence-corrected chi connectivity index (χ2v) is 7.87. The Morgan fingerprint density at radius 3 is 2.73 bits per heavy atom. The molecule has 2 saturated heterocycles. The molecule has 6 nitrogen and oxygen atoms in total. The van der Waals surface area contributed by atoms with Gasteiger partial charge in [0.15, 0.2) is 0 Å². The van der Waals surface area contributed by atoms with Crippen LogP contribution in [0.1, 0.15) is 31.0 Å². The van der Waals surface area contributed by atoms with Gasteiger partial charge in [-0.25, -0.2) is 19.2 Å². The third-order valence-electron chi connectivity index (χ3n) is 5.97. The van der Waals surface area contributed by atoms with Crippen molar-refractivity contribution in [2.75, 3.05) is 26.2 Å². The zero-order valence-electron chi connectivity index (χ0n) is 17.0. The number of halogens is 1. The van der Waals surface area contributed by atoms with Gasteiger partial charge in [0.2, 0.25) is 0 Å². The first-order valence-electron chi connectivity index (χ1n) is 10.5. The minimum absolute atomic E-state index is 0.0239. The molecule has 0 saturated carbocycles. The van der Waals surface area contributed by atoms with E-state index in [1.807, 2.05) is 17.0 Å². The molecule has 2 fully saturated rings. The van der Waals surface area contributed by atoms with Crippen molar-refractivity contribution in [3.8, 4) is 11.3 Å². The highest BCUT2D eigenvalue weighted by Gasteiger charge is 2.29. The summed E-state index contributed by atoms with van der Waals surface area (Å²) in [6.07, 6.45) is 6.18. The number of carbonyl (C=O) groups excluding carboxylic acids is 1. The quantitative estimate of drug-likeness (QED) is 0.762. The standard InChI is InChI=1S/C23H27FN4O2/c1-2-21-18(10-14-30-21)15-26-23(29)28-12-8-17(9-13-28)22-25-11-7-20(27-22)16-3-5-19(24)6-4-16/h2-7,11,17-18,21H,1,8-10,12-15H2,(H,26,29)/t18-,21-/m0/s1. The number of piperidine rings is 1. The fraction of sp³-hybridized carbons (Fsp3) is 0.435. The van der Waals surface area contributed by atoms with E-state index >= 15 is 0 Å². The van der Waals surface area contributed by atoms with Crippen LogP contribution in [0, 0.1) is 11.7 Å². The van der Waals surface area contributed by atoms with Gasteiger partial charge >= 0.3 is 6.03 Å². The van der Waals surface area contributed by atoms with E-state index in [2.05, 4.69) is 16.9 Å². The maximum atomic E-state index is 13.2. The van der Waals surface area contributed by atoms with Crippen molar-refractivity contribution in [3.63, 3.8) is 0 Å². The third kappa shape index (κ3) is 4.67. The Balaban J connectivity index is 1.31. The molecule has 0 spiro atoms. The van der Waals surface area contributed by atoms with Crippen LogP contribution in [0.2, 0.25) is 0 Å². The Bertz CT molecular complexity index is 881. The van der Waals surface area contributed by atoms with Crippen molar-refractivity contribution >= 4 is 6.03 Å². The molecule has 3 heterocycles. The molecule has 0 aliphatic carbocycles. The number of likely N-dealkylation sites (tertiary alicyclic amines) is 1. The van der Waals surface area contributed by atoms with Gasteiger partial charge < -0.3 is 15.0 Å². The summed E-state index contributed by atoms with van der Waals surface area (Å²) in [7, 11) is 0. The lowest BCUT2D eigenvalue weighted by molar-refractivity contribution is 0.126. The summed E-state index contributed by atoms with van der Waals surface area (Å²) in [5, 5.41) is 3.05. The van der Waals surface area contributed by atoms with Crippen LogP contribution in [0.5, 0.6) is 0 Å². The number of aromatic nitrogens is 2. The summed E-state index contributed by atoms with van der Waals surface area (Å²) in [6.45, 7) is 6.48. The van der Waals surface area contributed by atoms with Gasteiger partial charge in [-0.3, -0.25) is 0 Å². The number of carbonyl (C=O) groups is 1. The number of hydrogen-bond donors (Lipinski definition) is 1. The van der Waals surface area contributed by atoms with E-state index in [4.69, 9.17) is 9.72 Å². The summed E-state index contributed by atoms with van der Waals surface area (Å²) in [5.41, 5.74) is 1.65. The fourth-order valence-electron chi connectivity index (χ4n) is 4.16. The number of hydrogen-bond acceptors (Lipinski definition) is 4. The van der Waals surface area contributed by atoms with E-state index in [9.17, 15) is 9.18 Å². The van der Waals surface area contributed by atoms with Gasteiger partial charge in [0, 0.05) is 49.8 Å². The number of nitrogens with one attached hydrogen (secondary N) is 1. The Morgan fingerprint density at radius 2 is 2.00 bits per heavy atom. The van der Waals surface area contributed by atoms with E-state index in [-0.39, 0.29) is 23.9 Å². The molecule has 2 aromatic rings. The first-order valence-corrected chi connectivity index (χ1v) is 10.5. The average molecular weight is 410 g/mol. The van der Waals surface area contributed by atoms with Gasteiger partial charge in [-0.1, -0.05) is 6.08 Å². The first kappa shape index (κ1) is 20.5. The molecule has 30 heavy (non-hydrogen) atoms. The highest BCUT2D eigenvalue weighted by Crippen LogP contribution is 2.27.